The van der Waals surface area contributed by atoms with Crippen LogP contribution >= 0.6 is 11.6 Å². The van der Waals surface area contributed by atoms with Crippen molar-refractivity contribution in [3.8, 4) is 11.3 Å². The summed E-state index contributed by atoms with van der Waals surface area (Å²) in [6, 6.07) is 18.4. The largest absolute Gasteiger partial charge is 0.459 e. The van der Waals surface area contributed by atoms with E-state index >= 15 is 0 Å². The van der Waals surface area contributed by atoms with Crippen LogP contribution < -0.4 is 0 Å². The smallest absolute Gasteiger partial charge is 0.254 e. The van der Waals surface area contributed by atoms with Gasteiger partial charge in [0.15, 0.2) is 0 Å². The average Bonchev–Trinajstić information content (AvgIpc) is 3.09. The highest BCUT2D eigenvalue weighted by Crippen LogP contribution is 2.24. The third-order valence-electron chi connectivity index (χ3n) is 4.07. The summed E-state index contributed by atoms with van der Waals surface area (Å²) in [6.07, 6.45) is 1.65. The van der Waals surface area contributed by atoms with Crippen molar-refractivity contribution in [2.24, 2.45) is 0 Å². The highest BCUT2D eigenvalue weighted by molar-refractivity contribution is 7.83. The van der Waals surface area contributed by atoms with Gasteiger partial charge in [-0.3, -0.25) is 9.00 Å². The number of nitrogens with zero attached hydrogens (tertiary/aromatic N) is 1. The van der Waals surface area contributed by atoms with Gasteiger partial charge in [-0.1, -0.05) is 23.7 Å². The maximum atomic E-state index is 12.7. The number of rotatable bonds is 6. The third kappa shape index (κ3) is 5.08. The van der Waals surface area contributed by atoms with Crippen molar-refractivity contribution < 1.29 is 13.4 Å². The van der Waals surface area contributed by atoms with Crippen LogP contribution in [0.15, 0.2) is 65.1 Å². The SMILES string of the molecule is CN(Cc1ccc(-c2ccc(Cl)cc2)o1)C(=O)c1cccc(CS(C)=O)c1. The molecule has 0 radical (unpaired) electrons. The zero-order valence-electron chi connectivity index (χ0n) is 15.1. The number of benzene rings is 2. The molecule has 6 heteroatoms. The van der Waals surface area contributed by atoms with Gasteiger partial charge in [-0.15, -0.1) is 0 Å². The van der Waals surface area contributed by atoms with E-state index in [4.69, 9.17) is 16.0 Å². The quantitative estimate of drug-likeness (QED) is 0.598. The van der Waals surface area contributed by atoms with Crippen molar-refractivity contribution in [2.75, 3.05) is 13.3 Å². The first kappa shape index (κ1) is 19.4. The van der Waals surface area contributed by atoms with Gasteiger partial charge < -0.3 is 9.32 Å². The number of amides is 1. The number of furan rings is 1. The van der Waals surface area contributed by atoms with Gasteiger partial charge >= 0.3 is 0 Å². The Hall–Kier alpha value is -2.37. The lowest BCUT2D eigenvalue weighted by molar-refractivity contribution is 0.0775. The summed E-state index contributed by atoms with van der Waals surface area (Å²) in [5, 5.41) is 0.671. The second kappa shape index (κ2) is 8.55. The first-order valence-corrected chi connectivity index (χ1v) is 10.5. The van der Waals surface area contributed by atoms with Crippen LogP contribution in [0.4, 0.5) is 0 Å². The zero-order chi connectivity index (χ0) is 19.4. The van der Waals surface area contributed by atoms with Gasteiger partial charge in [0.05, 0.1) is 6.54 Å². The molecular formula is C21H20ClNO3S. The minimum Gasteiger partial charge on any atom is -0.459 e. The van der Waals surface area contributed by atoms with Gasteiger partial charge in [0, 0.05) is 46.0 Å². The van der Waals surface area contributed by atoms with E-state index in [1.807, 2.05) is 48.5 Å². The molecule has 0 aliphatic carbocycles. The zero-order valence-corrected chi connectivity index (χ0v) is 16.7. The van der Waals surface area contributed by atoms with E-state index in [0.29, 0.717) is 28.6 Å². The Morgan fingerprint density at radius 1 is 1.11 bits per heavy atom. The monoisotopic (exact) mass is 401 g/mol. The minimum atomic E-state index is -0.945. The van der Waals surface area contributed by atoms with Crippen molar-refractivity contribution in [1.82, 2.24) is 4.90 Å². The first-order valence-electron chi connectivity index (χ1n) is 8.41. The van der Waals surface area contributed by atoms with Gasteiger partial charge in [0.1, 0.15) is 11.5 Å². The van der Waals surface area contributed by atoms with Crippen LogP contribution in [0, 0.1) is 0 Å². The van der Waals surface area contributed by atoms with Crippen molar-refractivity contribution in [1.29, 1.82) is 0 Å². The van der Waals surface area contributed by atoms with Crippen molar-refractivity contribution in [3.63, 3.8) is 0 Å². The Labute approximate surface area is 166 Å². The molecule has 4 nitrogen and oxygen atoms in total. The standard InChI is InChI=1S/C21H20ClNO3S/c1-23(21(24)17-5-3-4-15(12-17)14-27(2)25)13-19-10-11-20(26-19)16-6-8-18(22)9-7-16/h3-12H,13-14H2,1-2H3. The van der Waals surface area contributed by atoms with Crippen molar-refractivity contribution in [3.05, 3.63) is 82.6 Å². The number of hydrogen-bond acceptors (Lipinski definition) is 3. The van der Waals surface area contributed by atoms with Gasteiger partial charge in [-0.25, -0.2) is 0 Å². The number of hydrogen-bond donors (Lipinski definition) is 0. The number of carbonyl (C=O) groups is 1. The summed E-state index contributed by atoms with van der Waals surface area (Å²) in [7, 11) is 0.788. The van der Waals surface area contributed by atoms with E-state index in [-0.39, 0.29) is 5.91 Å². The van der Waals surface area contributed by atoms with E-state index in [2.05, 4.69) is 0 Å². The predicted octanol–water partition coefficient (Wildman–Crippen LogP) is 4.75. The molecule has 3 rings (SSSR count). The fourth-order valence-electron chi connectivity index (χ4n) is 2.79. The summed E-state index contributed by atoms with van der Waals surface area (Å²) in [5.41, 5.74) is 2.39. The van der Waals surface area contributed by atoms with Gasteiger partial charge in [-0.2, -0.15) is 0 Å². The van der Waals surface area contributed by atoms with E-state index in [9.17, 15) is 9.00 Å². The van der Waals surface area contributed by atoms with E-state index < -0.39 is 10.8 Å². The molecule has 27 heavy (non-hydrogen) atoms. The maximum absolute atomic E-state index is 12.7. The third-order valence-corrected chi connectivity index (χ3v) is 5.07. The molecule has 0 aliphatic heterocycles. The lowest BCUT2D eigenvalue weighted by Crippen LogP contribution is -2.26. The maximum Gasteiger partial charge on any atom is 0.254 e. The van der Waals surface area contributed by atoms with E-state index in [1.165, 1.54) is 0 Å². The fraction of sp³-hybridized carbons (Fsp3) is 0.190. The highest BCUT2D eigenvalue weighted by atomic mass is 35.5. The second-order valence-electron chi connectivity index (χ2n) is 6.35. The Bertz CT molecular complexity index is 966. The van der Waals surface area contributed by atoms with Crippen LogP contribution in [0.3, 0.4) is 0 Å². The van der Waals surface area contributed by atoms with Crippen molar-refractivity contribution >= 4 is 28.3 Å². The fourth-order valence-corrected chi connectivity index (χ4v) is 3.56. The molecule has 0 spiro atoms. The summed E-state index contributed by atoms with van der Waals surface area (Å²) >= 11 is 5.91. The molecule has 1 atom stereocenters. The van der Waals surface area contributed by atoms with E-state index in [1.54, 1.807) is 30.3 Å². The lowest BCUT2D eigenvalue weighted by atomic mass is 10.1. The molecule has 1 heterocycles. The summed E-state index contributed by atoms with van der Waals surface area (Å²) in [5.74, 6) is 1.76. The van der Waals surface area contributed by atoms with Gasteiger partial charge in [-0.05, 0) is 54.1 Å². The van der Waals surface area contributed by atoms with Crippen LogP contribution in [-0.2, 0) is 23.1 Å². The Morgan fingerprint density at radius 2 is 1.85 bits per heavy atom. The molecule has 140 valence electrons. The lowest BCUT2D eigenvalue weighted by Gasteiger charge is -2.16. The van der Waals surface area contributed by atoms with Crippen LogP contribution in [0.1, 0.15) is 21.7 Å². The molecule has 2 aromatic carbocycles. The molecule has 0 fully saturated rings. The topological polar surface area (TPSA) is 50.5 Å². The van der Waals surface area contributed by atoms with Gasteiger partial charge in [0.25, 0.3) is 5.91 Å². The van der Waals surface area contributed by atoms with Crippen LogP contribution in [0.25, 0.3) is 11.3 Å². The minimum absolute atomic E-state index is 0.108. The Balaban J connectivity index is 1.70. The number of carbonyl (C=O) groups excluding carboxylic acids is 1. The highest BCUT2D eigenvalue weighted by Gasteiger charge is 2.15. The van der Waals surface area contributed by atoms with Crippen LogP contribution in [0.5, 0.6) is 0 Å². The molecule has 0 bridgehead atoms. The van der Waals surface area contributed by atoms with Crippen molar-refractivity contribution in [2.45, 2.75) is 12.3 Å². The number of halogens is 1. The summed E-state index contributed by atoms with van der Waals surface area (Å²) < 4.78 is 17.3. The Kier molecular flexibility index (Phi) is 6.14. The van der Waals surface area contributed by atoms with Crippen LogP contribution in [0.2, 0.25) is 5.02 Å². The summed E-state index contributed by atoms with van der Waals surface area (Å²) in [4.78, 5) is 14.3. The van der Waals surface area contributed by atoms with E-state index in [0.717, 1.165) is 16.9 Å². The molecule has 1 amide bonds. The first-order chi connectivity index (χ1) is 12.9. The molecule has 1 unspecified atom stereocenters. The molecule has 1 aromatic heterocycles. The molecular weight excluding hydrogens is 382 g/mol. The molecule has 0 saturated heterocycles. The second-order valence-corrected chi connectivity index (χ2v) is 8.22. The predicted molar refractivity (Wildman–Crippen MR) is 109 cm³/mol. The molecule has 0 aliphatic rings. The molecule has 3 aromatic rings. The normalized spacial score (nSPS) is 12.0. The Morgan fingerprint density at radius 3 is 2.56 bits per heavy atom. The summed E-state index contributed by atoms with van der Waals surface area (Å²) in [6.45, 7) is 0.357. The van der Waals surface area contributed by atoms with Crippen LogP contribution in [-0.4, -0.2) is 28.3 Å². The van der Waals surface area contributed by atoms with Gasteiger partial charge in [0.2, 0.25) is 0 Å². The molecule has 0 N–H and O–H groups in total. The molecule has 0 saturated carbocycles. The average molecular weight is 402 g/mol.